The van der Waals surface area contributed by atoms with Gasteiger partial charge in [0.05, 0.1) is 11.2 Å². The van der Waals surface area contributed by atoms with Crippen LogP contribution in [0.3, 0.4) is 0 Å². The Labute approximate surface area is 233 Å². The van der Waals surface area contributed by atoms with Gasteiger partial charge in [0.2, 0.25) is 0 Å². The highest BCUT2D eigenvalue weighted by atomic mass is 16.7. The predicted molar refractivity (Wildman–Crippen MR) is 149 cm³/mol. The van der Waals surface area contributed by atoms with Gasteiger partial charge >= 0.3 is 19.2 Å². The summed E-state index contributed by atoms with van der Waals surface area (Å²) in [7, 11) is -0.458. The van der Waals surface area contributed by atoms with E-state index in [1.165, 1.54) is 4.90 Å². The van der Waals surface area contributed by atoms with Gasteiger partial charge in [0.25, 0.3) is 10.9 Å². The Morgan fingerprint density at radius 3 is 2.35 bits per heavy atom. The topological polar surface area (TPSA) is 192 Å². The fourth-order valence-corrected chi connectivity index (χ4v) is 5.01. The molecule has 1 amide bonds. The minimum atomic E-state index is -1.82. The molecule has 3 N–H and O–H groups in total. The molecule has 15 heteroatoms. The maximum absolute atomic E-state index is 12.5. The van der Waals surface area contributed by atoms with Gasteiger partial charge in [0.15, 0.2) is 5.54 Å². The van der Waals surface area contributed by atoms with Crippen molar-refractivity contribution in [3.05, 3.63) is 30.9 Å². The van der Waals surface area contributed by atoms with Crippen molar-refractivity contribution in [3.63, 3.8) is 0 Å². The van der Waals surface area contributed by atoms with E-state index in [4.69, 9.17) is 14.0 Å². The van der Waals surface area contributed by atoms with E-state index in [1.54, 1.807) is 20.8 Å². The molecule has 220 valence electrons. The van der Waals surface area contributed by atoms with Crippen LogP contribution in [0.1, 0.15) is 61.3 Å². The minimum Gasteiger partial charge on any atom is -0.481 e. The quantitative estimate of drug-likeness (QED) is 0.0902. The number of carboxylic acids is 1. The zero-order chi connectivity index (χ0) is 30.1. The molecule has 2 saturated heterocycles. The third-order valence-electron chi connectivity index (χ3n) is 7.73. The van der Waals surface area contributed by atoms with Crippen molar-refractivity contribution in [1.29, 1.82) is 0 Å². The van der Waals surface area contributed by atoms with E-state index in [9.17, 15) is 29.8 Å². The van der Waals surface area contributed by atoms with Gasteiger partial charge in [-0.15, -0.1) is 0 Å². The Bertz CT molecular complexity index is 1230. The number of hydrogen-bond donors (Lipinski definition) is 3. The van der Waals surface area contributed by atoms with Crippen molar-refractivity contribution < 1.29 is 28.7 Å². The highest BCUT2D eigenvalue weighted by Crippen LogP contribution is 2.41. The van der Waals surface area contributed by atoms with Gasteiger partial charge in [0, 0.05) is 37.0 Å². The average molecular weight is 562 g/mol. The molecule has 2 atom stereocenters. The summed E-state index contributed by atoms with van der Waals surface area (Å²) in [5, 5.41) is 19.2. The normalized spacial score (nSPS) is 23.6. The van der Waals surface area contributed by atoms with Gasteiger partial charge in [-0.05, 0) is 66.7 Å². The summed E-state index contributed by atoms with van der Waals surface area (Å²) in [6.45, 7) is 13.1. The maximum Gasteiger partial charge on any atom is 0.457 e. The molecule has 2 fully saturated rings. The Balaban J connectivity index is 1.68. The molecule has 1 aromatic rings. The molecule has 3 rings (SSSR count). The Morgan fingerprint density at radius 1 is 1.18 bits per heavy atom. The number of nitrogens with zero attached hydrogens (tertiary/aromatic N) is 4. The number of rotatable bonds is 11. The first-order valence-corrected chi connectivity index (χ1v) is 13.4. The van der Waals surface area contributed by atoms with Crippen LogP contribution < -0.4 is 26.4 Å². The number of amides is 1. The van der Waals surface area contributed by atoms with Crippen molar-refractivity contribution in [2.75, 3.05) is 36.4 Å². The van der Waals surface area contributed by atoms with Crippen molar-refractivity contribution in [2.45, 2.75) is 90.0 Å². The fraction of sp³-hybridized carbons (Fsp3) is 0.760. The first kappa shape index (κ1) is 31.2. The van der Waals surface area contributed by atoms with Crippen LogP contribution in [0, 0.1) is 5.92 Å². The van der Waals surface area contributed by atoms with Gasteiger partial charge < -0.3 is 34.7 Å². The van der Waals surface area contributed by atoms with E-state index < -0.39 is 58.3 Å². The lowest BCUT2D eigenvalue weighted by Crippen LogP contribution is -2.46. The van der Waals surface area contributed by atoms with Crippen LogP contribution in [0.5, 0.6) is 0 Å². The van der Waals surface area contributed by atoms with Crippen LogP contribution in [-0.4, -0.2) is 72.8 Å². The first-order chi connectivity index (χ1) is 18.4. The summed E-state index contributed by atoms with van der Waals surface area (Å²) in [5.74, 6) is -1.93. The number of anilines is 2. The van der Waals surface area contributed by atoms with E-state index in [-0.39, 0.29) is 37.6 Å². The van der Waals surface area contributed by atoms with E-state index in [1.807, 2.05) is 27.7 Å². The van der Waals surface area contributed by atoms with Crippen LogP contribution in [0.4, 0.5) is 16.2 Å². The fourth-order valence-electron chi connectivity index (χ4n) is 5.01. The van der Waals surface area contributed by atoms with Gasteiger partial charge in [-0.25, -0.2) is 4.79 Å². The number of aliphatic carboxylic acids is 1. The molecular formula is C25H39BN6O8. The number of nitrogens with one attached hydrogen (secondary N) is 2. The largest absolute Gasteiger partial charge is 0.481 e. The van der Waals surface area contributed by atoms with Crippen LogP contribution in [0.25, 0.3) is 10.4 Å². The first-order valence-electron chi connectivity index (χ1n) is 13.4. The lowest BCUT2D eigenvalue weighted by atomic mass is 9.78. The molecule has 0 unspecified atom stereocenters. The molecule has 14 nitrogen and oxygen atoms in total. The summed E-state index contributed by atoms with van der Waals surface area (Å²) in [5.41, 5.74) is 4.35. The van der Waals surface area contributed by atoms with Gasteiger partial charge in [0.1, 0.15) is 17.0 Å². The number of hydrogen-bond acceptors (Lipinski definition) is 10. The van der Waals surface area contributed by atoms with E-state index in [0.29, 0.717) is 19.2 Å². The van der Waals surface area contributed by atoms with Crippen LogP contribution in [-0.2, 0) is 18.8 Å². The molecule has 2 heterocycles. The summed E-state index contributed by atoms with van der Waals surface area (Å²) < 4.78 is 17.2. The van der Waals surface area contributed by atoms with Crippen LogP contribution in [0.2, 0.25) is 6.32 Å². The number of carbonyl (C=O) groups excluding carboxylic acids is 1. The van der Waals surface area contributed by atoms with E-state index in [0.717, 1.165) is 0 Å². The zero-order valence-corrected chi connectivity index (χ0v) is 24.2. The molecular weight excluding hydrogens is 523 g/mol. The van der Waals surface area contributed by atoms with Crippen molar-refractivity contribution in [2.24, 2.45) is 11.0 Å². The van der Waals surface area contributed by atoms with Crippen molar-refractivity contribution in [3.8, 4) is 0 Å². The molecule has 0 spiro atoms. The van der Waals surface area contributed by atoms with Gasteiger partial charge in [-0.3, -0.25) is 14.4 Å². The number of carboxylic acid groups (broad SMARTS) is 1. The van der Waals surface area contributed by atoms with Gasteiger partial charge in [-0.1, -0.05) is 11.5 Å². The van der Waals surface area contributed by atoms with Crippen LogP contribution in [0.15, 0.2) is 14.7 Å². The predicted octanol–water partition coefficient (Wildman–Crippen LogP) is 2.66. The second-order valence-electron chi connectivity index (χ2n) is 12.4. The summed E-state index contributed by atoms with van der Waals surface area (Å²) in [6.07, 6.45) is 0.776. The van der Waals surface area contributed by atoms with Crippen LogP contribution >= 0.6 is 0 Å². The zero-order valence-electron chi connectivity index (χ0n) is 24.2. The third-order valence-corrected chi connectivity index (χ3v) is 7.73. The smallest absolute Gasteiger partial charge is 0.457 e. The molecule has 0 bridgehead atoms. The molecule has 0 aromatic heterocycles. The second kappa shape index (κ2) is 11.3. The van der Waals surface area contributed by atoms with Crippen molar-refractivity contribution >= 4 is 30.6 Å². The van der Waals surface area contributed by atoms with Gasteiger partial charge in [-0.2, -0.15) is 0 Å². The molecule has 0 aliphatic carbocycles. The standard InChI is InChI=1S/C25H39BN6O8/c1-22(2,3)38-21(37)29-12-11-28-16-17(19(34)18(16)33)32-13-15(25(14-32,20(35)36)30-31-27)9-8-10-26-39-23(4,5)24(6,7)40-26/h15,28H,8-14H2,1-7H3,(H,29,37)(H,35,36)/t15-,25-/m0/s1. The molecule has 0 radical (unpaired) electrons. The molecule has 2 aliphatic rings. The summed E-state index contributed by atoms with van der Waals surface area (Å²) in [6, 6.07) is 0. The lowest BCUT2D eigenvalue weighted by molar-refractivity contribution is -0.144. The molecule has 1 aromatic carbocycles. The highest BCUT2D eigenvalue weighted by molar-refractivity contribution is 6.45. The Morgan fingerprint density at radius 2 is 1.80 bits per heavy atom. The summed E-state index contributed by atoms with van der Waals surface area (Å²) in [4.78, 5) is 53.4. The monoisotopic (exact) mass is 562 g/mol. The molecule has 40 heavy (non-hydrogen) atoms. The summed E-state index contributed by atoms with van der Waals surface area (Å²) >= 11 is 0. The SMILES string of the molecule is CC(C)(C)OC(=O)NCCNc1c(N2C[C@H](CCCB3OC(C)(C)C(C)(C)O3)[C@](N=[N+]=[N-])(C(=O)O)C2)c(=O)c1=O. The number of alkyl carbamates (subject to hydrolysis) is 1. The second-order valence-corrected chi connectivity index (χ2v) is 12.4. The maximum atomic E-state index is 12.5. The third kappa shape index (κ3) is 6.37. The Kier molecular flexibility index (Phi) is 8.83. The molecule has 2 aliphatic heterocycles. The Hall–Kier alpha value is -3.29. The number of ether oxygens (including phenoxy) is 1. The number of azide groups is 1. The van der Waals surface area contributed by atoms with E-state index >= 15 is 0 Å². The molecule has 0 saturated carbocycles. The van der Waals surface area contributed by atoms with E-state index in [2.05, 4.69) is 20.7 Å². The average Bonchev–Trinajstić information content (AvgIpc) is 3.27. The highest BCUT2D eigenvalue weighted by Gasteiger charge is 2.54. The minimum absolute atomic E-state index is 0.0362. The van der Waals surface area contributed by atoms with Crippen molar-refractivity contribution in [1.82, 2.24) is 5.32 Å². The number of carbonyl (C=O) groups is 2. The lowest BCUT2D eigenvalue weighted by Gasteiger charge is -2.32.